The van der Waals surface area contributed by atoms with Crippen molar-refractivity contribution in [3.8, 4) is 0 Å². The highest BCUT2D eigenvalue weighted by molar-refractivity contribution is 7.89. The third kappa shape index (κ3) is 4.57. The van der Waals surface area contributed by atoms with E-state index < -0.39 is 26.6 Å². The topological polar surface area (TPSA) is 58.6 Å². The van der Waals surface area contributed by atoms with E-state index in [4.69, 9.17) is 4.74 Å². The normalized spacial score (nSPS) is 15.2. The fourth-order valence-electron chi connectivity index (χ4n) is 2.79. The first kappa shape index (κ1) is 18.8. The average Bonchev–Trinajstić information content (AvgIpc) is 2.65. The average molecular weight is 382 g/mol. The van der Waals surface area contributed by atoms with Crippen molar-refractivity contribution in [3.05, 3.63) is 59.7 Å². The van der Waals surface area contributed by atoms with Crippen molar-refractivity contribution >= 4 is 15.7 Å². The number of nitrogens with one attached hydrogen (secondary N) is 1. The Morgan fingerprint density at radius 1 is 1.04 bits per heavy atom. The quantitative estimate of drug-likeness (QED) is 0.833. The van der Waals surface area contributed by atoms with E-state index in [1.54, 1.807) is 0 Å². The summed E-state index contributed by atoms with van der Waals surface area (Å²) < 4.78 is 58.7. The molecule has 1 aliphatic heterocycles. The maximum absolute atomic E-state index is 13.6. The van der Waals surface area contributed by atoms with Crippen LogP contribution in [0.25, 0.3) is 0 Å². The molecule has 0 amide bonds. The molecule has 2 aromatic rings. The molecule has 5 nitrogen and oxygen atoms in total. The molecule has 8 heteroatoms. The van der Waals surface area contributed by atoms with Gasteiger partial charge in [0.15, 0.2) is 0 Å². The smallest absolute Gasteiger partial charge is 0.243 e. The van der Waals surface area contributed by atoms with E-state index in [0.29, 0.717) is 25.7 Å². The predicted molar refractivity (Wildman–Crippen MR) is 94.7 cm³/mol. The number of rotatable bonds is 6. The molecule has 0 radical (unpaired) electrons. The summed E-state index contributed by atoms with van der Waals surface area (Å²) in [6.07, 6.45) is 0.444. The van der Waals surface area contributed by atoms with Gasteiger partial charge >= 0.3 is 0 Å². The molecule has 1 heterocycles. The third-order valence-electron chi connectivity index (χ3n) is 4.20. The molecule has 0 aromatic heterocycles. The van der Waals surface area contributed by atoms with Gasteiger partial charge in [0.25, 0.3) is 0 Å². The lowest BCUT2D eigenvalue weighted by Crippen LogP contribution is -2.36. The zero-order valence-electron chi connectivity index (χ0n) is 14.1. The first-order chi connectivity index (χ1) is 12.5. The molecule has 1 aliphatic rings. The van der Waals surface area contributed by atoms with Crippen molar-refractivity contribution in [2.45, 2.75) is 11.3 Å². The van der Waals surface area contributed by atoms with Crippen LogP contribution in [0.15, 0.2) is 47.4 Å². The number of sulfonamides is 1. The fraction of sp³-hybridized carbons (Fsp3) is 0.333. The maximum atomic E-state index is 13.6. The Balaban J connectivity index is 1.58. The van der Waals surface area contributed by atoms with Gasteiger partial charge in [0.1, 0.15) is 16.5 Å². The summed E-state index contributed by atoms with van der Waals surface area (Å²) in [5, 5.41) is 0. The first-order valence-electron chi connectivity index (χ1n) is 8.32. The van der Waals surface area contributed by atoms with Gasteiger partial charge in [-0.1, -0.05) is 12.1 Å². The number of nitrogens with zero attached hydrogens (tertiary/aromatic N) is 1. The molecule has 0 atom stereocenters. The van der Waals surface area contributed by atoms with E-state index in [0.717, 1.165) is 36.5 Å². The summed E-state index contributed by atoms with van der Waals surface area (Å²) >= 11 is 0. The number of hydrogen-bond donors (Lipinski definition) is 1. The van der Waals surface area contributed by atoms with Crippen molar-refractivity contribution in [1.29, 1.82) is 0 Å². The number of morpholine rings is 1. The Hall–Kier alpha value is -2.03. The largest absolute Gasteiger partial charge is 0.378 e. The molecule has 0 bridgehead atoms. The third-order valence-corrected chi connectivity index (χ3v) is 5.68. The molecule has 3 rings (SSSR count). The van der Waals surface area contributed by atoms with Gasteiger partial charge in [-0.3, -0.25) is 0 Å². The molecule has 0 saturated carbocycles. The molecular weight excluding hydrogens is 362 g/mol. The van der Waals surface area contributed by atoms with Crippen LogP contribution in [0, 0.1) is 11.6 Å². The maximum Gasteiger partial charge on any atom is 0.243 e. The molecule has 0 unspecified atom stereocenters. The Morgan fingerprint density at radius 2 is 1.73 bits per heavy atom. The minimum atomic E-state index is -4.10. The van der Waals surface area contributed by atoms with E-state index >= 15 is 0 Å². The van der Waals surface area contributed by atoms with Gasteiger partial charge in [-0.25, -0.2) is 21.9 Å². The summed E-state index contributed by atoms with van der Waals surface area (Å²) in [7, 11) is -4.10. The molecule has 1 fully saturated rings. The van der Waals surface area contributed by atoms with Crippen molar-refractivity contribution in [3.63, 3.8) is 0 Å². The number of benzene rings is 2. The SMILES string of the molecule is O=S(=O)(NCCc1ccc(N2CCOCC2)cc1)c1cc(F)ccc1F. The molecule has 26 heavy (non-hydrogen) atoms. The summed E-state index contributed by atoms with van der Waals surface area (Å²) in [4.78, 5) is 1.54. The lowest BCUT2D eigenvalue weighted by molar-refractivity contribution is 0.122. The van der Waals surface area contributed by atoms with Gasteiger partial charge in [-0.05, 0) is 42.3 Å². The second-order valence-electron chi connectivity index (χ2n) is 5.99. The van der Waals surface area contributed by atoms with Crippen molar-refractivity contribution in [2.24, 2.45) is 0 Å². The van der Waals surface area contributed by atoms with Gasteiger partial charge in [0.2, 0.25) is 10.0 Å². The monoisotopic (exact) mass is 382 g/mol. The molecule has 140 valence electrons. The van der Waals surface area contributed by atoms with Crippen LogP contribution < -0.4 is 9.62 Å². The second kappa shape index (κ2) is 8.11. The fourth-order valence-corrected chi connectivity index (χ4v) is 3.90. The van der Waals surface area contributed by atoms with E-state index in [2.05, 4.69) is 9.62 Å². The molecule has 0 spiro atoms. The Labute approximate surface area is 151 Å². The van der Waals surface area contributed by atoms with Crippen molar-refractivity contribution < 1.29 is 21.9 Å². The van der Waals surface area contributed by atoms with Crippen LogP contribution in [-0.4, -0.2) is 41.3 Å². The minimum Gasteiger partial charge on any atom is -0.378 e. The van der Waals surface area contributed by atoms with Gasteiger partial charge in [-0.15, -0.1) is 0 Å². The Kier molecular flexibility index (Phi) is 5.85. The molecule has 1 saturated heterocycles. The Morgan fingerprint density at radius 3 is 2.42 bits per heavy atom. The van der Waals surface area contributed by atoms with Gasteiger partial charge in [0, 0.05) is 25.3 Å². The highest BCUT2D eigenvalue weighted by Crippen LogP contribution is 2.18. The van der Waals surface area contributed by atoms with Crippen LogP contribution in [0.4, 0.5) is 14.5 Å². The summed E-state index contributed by atoms with van der Waals surface area (Å²) in [6, 6.07) is 10.2. The van der Waals surface area contributed by atoms with E-state index in [9.17, 15) is 17.2 Å². The lowest BCUT2D eigenvalue weighted by Gasteiger charge is -2.28. The minimum absolute atomic E-state index is 0.0924. The first-order valence-corrected chi connectivity index (χ1v) is 9.80. The highest BCUT2D eigenvalue weighted by atomic mass is 32.2. The van der Waals surface area contributed by atoms with E-state index in [1.165, 1.54) is 0 Å². The molecular formula is C18H20F2N2O3S. The zero-order valence-corrected chi connectivity index (χ0v) is 14.9. The van der Waals surface area contributed by atoms with Crippen LogP contribution in [-0.2, 0) is 21.2 Å². The molecule has 2 aromatic carbocycles. The van der Waals surface area contributed by atoms with Crippen LogP contribution in [0.5, 0.6) is 0 Å². The van der Waals surface area contributed by atoms with Crippen LogP contribution in [0.3, 0.4) is 0 Å². The van der Waals surface area contributed by atoms with E-state index in [1.807, 2.05) is 24.3 Å². The number of halogens is 2. The van der Waals surface area contributed by atoms with Crippen LogP contribution in [0.2, 0.25) is 0 Å². The Bertz CT molecular complexity index is 851. The molecule has 1 N–H and O–H groups in total. The van der Waals surface area contributed by atoms with Crippen molar-refractivity contribution in [1.82, 2.24) is 4.72 Å². The van der Waals surface area contributed by atoms with E-state index in [-0.39, 0.29) is 6.54 Å². The van der Waals surface area contributed by atoms with Gasteiger partial charge in [-0.2, -0.15) is 0 Å². The zero-order chi connectivity index (χ0) is 18.6. The summed E-state index contributed by atoms with van der Waals surface area (Å²) in [5.41, 5.74) is 2.05. The predicted octanol–water partition coefficient (Wildman–Crippen LogP) is 2.32. The number of anilines is 1. The number of hydrogen-bond acceptors (Lipinski definition) is 4. The van der Waals surface area contributed by atoms with Gasteiger partial charge in [0.05, 0.1) is 13.2 Å². The molecule has 0 aliphatic carbocycles. The van der Waals surface area contributed by atoms with Crippen molar-refractivity contribution in [2.75, 3.05) is 37.7 Å². The standard InChI is InChI=1S/C18H20F2N2O3S/c19-15-3-6-17(20)18(13-15)26(23,24)21-8-7-14-1-4-16(5-2-14)22-9-11-25-12-10-22/h1-6,13,21H,7-12H2. The summed E-state index contributed by atoms with van der Waals surface area (Å²) in [5.74, 6) is -1.78. The van der Waals surface area contributed by atoms with Gasteiger partial charge < -0.3 is 9.64 Å². The highest BCUT2D eigenvalue weighted by Gasteiger charge is 2.19. The number of ether oxygens (including phenoxy) is 1. The van der Waals surface area contributed by atoms with Crippen LogP contribution >= 0.6 is 0 Å². The van der Waals surface area contributed by atoms with Crippen LogP contribution in [0.1, 0.15) is 5.56 Å². The second-order valence-corrected chi connectivity index (χ2v) is 7.72. The summed E-state index contributed by atoms with van der Waals surface area (Å²) in [6.45, 7) is 3.20. The lowest BCUT2D eigenvalue weighted by atomic mass is 10.1.